The number of anilines is 1. The van der Waals surface area contributed by atoms with E-state index in [9.17, 15) is 0 Å². The normalized spacial score (nSPS) is 22.9. The van der Waals surface area contributed by atoms with Crippen LogP contribution in [0.2, 0.25) is 5.02 Å². The Balaban J connectivity index is 1.28. The fourth-order valence-corrected chi connectivity index (χ4v) is 4.61. The first-order chi connectivity index (χ1) is 13.7. The monoisotopic (exact) mass is 395 g/mol. The predicted octanol–water partition coefficient (Wildman–Crippen LogP) is 5.14. The Hall–Kier alpha value is -2.11. The molecule has 6 heteroatoms. The van der Waals surface area contributed by atoms with Crippen LogP contribution in [0.15, 0.2) is 36.7 Å². The van der Waals surface area contributed by atoms with Gasteiger partial charge in [-0.3, -0.25) is 0 Å². The molecule has 0 radical (unpaired) electrons. The van der Waals surface area contributed by atoms with Crippen LogP contribution in [0.4, 0.5) is 5.82 Å². The van der Waals surface area contributed by atoms with Gasteiger partial charge in [-0.25, -0.2) is 9.97 Å². The molecule has 2 fully saturated rings. The average molecular weight is 396 g/mol. The van der Waals surface area contributed by atoms with Crippen molar-refractivity contribution >= 4 is 28.5 Å². The minimum Gasteiger partial charge on any atom is -0.367 e. The maximum Gasteiger partial charge on any atom is 0.137 e. The van der Waals surface area contributed by atoms with Crippen molar-refractivity contribution in [2.45, 2.75) is 63.1 Å². The van der Waals surface area contributed by atoms with Crippen molar-refractivity contribution < 1.29 is 0 Å². The summed E-state index contributed by atoms with van der Waals surface area (Å²) >= 11 is 6.42. The van der Waals surface area contributed by atoms with Gasteiger partial charge >= 0.3 is 0 Å². The summed E-state index contributed by atoms with van der Waals surface area (Å²) in [5.41, 5.74) is 2.77. The highest BCUT2D eigenvalue weighted by molar-refractivity contribution is 6.31. The van der Waals surface area contributed by atoms with Gasteiger partial charge in [-0.2, -0.15) is 0 Å². The molecule has 5 rings (SSSR count). The summed E-state index contributed by atoms with van der Waals surface area (Å²) in [6.07, 6.45) is 12.7. The summed E-state index contributed by atoms with van der Waals surface area (Å²) in [6.45, 7) is 0. The zero-order chi connectivity index (χ0) is 18.9. The van der Waals surface area contributed by atoms with Gasteiger partial charge in [0.05, 0.1) is 5.69 Å². The number of nitrogens with zero attached hydrogens (tertiary/aromatic N) is 2. The summed E-state index contributed by atoms with van der Waals surface area (Å²) in [7, 11) is 0. The van der Waals surface area contributed by atoms with Crippen LogP contribution in [0.5, 0.6) is 0 Å². The van der Waals surface area contributed by atoms with Crippen molar-refractivity contribution in [1.29, 1.82) is 0 Å². The zero-order valence-electron chi connectivity index (χ0n) is 15.9. The Kier molecular flexibility index (Phi) is 4.95. The molecule has 146 valence electrons. The van der Waals surface area contributed by atoms with E-state index in [1.807, 2.05) is 24.4 Å². The van der Waals surface area contributed by atoms with Crippen molar-refractivity contribution in [2.75, 3.05) is 5.32 Å². The minimum atomic E-state index is 0.461. The molecular formula is C22H26ClN5. The number of H-pyrrole nitrogens is 1. The lowest BCUT2D eigenvalue weighted by Gasteiger charge is -2.36. The number of fused-ring (bicyclic) bond motifs is 1. The molecule has 3 N–H and O–H groups in total. The van der Waals surface area contributed by atoms with Crippen LogP contribution in [0.25, 0.3) is 22.3 Å². The summed E-state index contributed by atoms with van der Waals surface area (Å²) in [6, 6.07) is 9.77. The van der Waals surface area contributed by atoms with Gasteiger partial charge in [-0.05, 0) is 62.8 Å². The summed E-state index contributed by atoms with van der Waals surface area (Å²) in [5.74, 6) is 0.858. The van der Waals surface area contributed by atoms with Crippen LogP contribution in [0.1, 0.15) is 44.9 Å². The van der Waals surface area contributed by atoms with Crippen LogP contribution < -0.4 is 10.6 Å². The van der Waals surface area contributed by atoms with Crippen molar-refractivity contribution in [2.24, 2.45) is 0 Å². The highest BCUT2D eigenvalue weighted by atomic mass is 35.5. The number of hydrogen-bond donors (Lipinski definition) is 3. The van der Waals surface area contributed by atoms with E-state index in [4.69, 9.17) is 16.6 Å². The van der Waals surface area contributed by atoms with Gasteiger partial charge in [0, 0.05) is 46.5 Å². The second-order valence-corrected chi connectivity index (χ2v) is 8.58. The first-order valence-electron chi connectivity index (χ1n) is 10.4. The lowest BCUT2D eigenvalue weighted by atomic mass is 9.87. The Labute approximate surface area is 170 Å². The molecule has 0 amide bonds. The number of aromatic nitrogens is 3. The lowest BCUT2D eigenvalue weighted by molar-refractivity contribution is 0.260. The molecule has 5 nitrogen and oxygen atoms in total. The van der Waals surface area contributed by atoms with E-state index in [1.54, 1.807) is 6.20 Å². The van der Waals surface area contributed by atoms with E-state index in [-0.39, 0.29) is 0 Å². The molecule has 0 unspecified atom stereocenters. The molecule has 0 aromatic carbocycles. The van der Waals surface area contributed by atoms with Gasteiger partial charge in [0.15, 0.2) is 0 Å². The second kappa shape index (κ2) is 7.72. The van der Waals surface area contributed by atoms with Crippen molar-refractivity contribution in [3.8, 4) is 11.3 Å². The molecule has 0 atom stereocenters. The van der Waals surface area contributed by atoms with Crippen molar-refractivity contribution in [3.05, 3.63) is 41.7 Å². The van der Waals surface area contributed by atoms with E-state index in [0.717, 1.165) is 34.2 Å². The van der Waals surface area contributed by atoms with Crippen LogP contribution in [0, 0.1) is 0 Å². The molecule has 28 heavy (non-hydrogen) atoms. The zero-order valence-corrected chi connectivity index (χ0v) is 16.7. The standard InChI is InChI=1S/C22H26ClN5/c23-14-11-20(19-13-25-22-18(19)5-2-10-24-22)28-21(12-14)27-17-8-6-16(7-9-17)26-15-3-1-4-15/h2,5,10-13,15-17,26H,1,3-4,6-9H2,(H,24,25)(H,27,28)/t16-,17-. The first kappa shape index (κ1) is 18.0. The molecule has 0 spiro atoms. The Morgan fingerprint density at radius 1 is 1.00 bits per heavy atom. The molecule has 0 saturated heterocycles. The third kappa shape index (κ3) is 3.74. The predicted molar refractivity (Wildman–Crippen MR) is 115 cm³/mol. The number of nitrogens with one attached hydrogen (secondary N) is 3. The topological polar surface area (TPSA) is 65.6 Å². The molecule has 2 saturated carbocycles. The van der Waals surface area contributed by atoms with E-state index in [2.05, 4.69) is 26.7 Å². The second-order valence-electron chi connectivity index (χ2n) is 8.15. The highest BCUT2D eigenvalue weighted by Crippen LogP contribution is 2.31. The summed E-state index contributed by atoms with van der Waals surface area (Å²) < 4.78 is 0. The maximum atomic E-state index is 6.42. The quantitative estimate of drug-likeness (QED) is 0.559. The SMILES string of the molecule is Clc1cc(N[C@H]2CC[C@H](NC3CCC3)CC2)nc(-c2c[nH]c3ncccc23)c1. The Morgan fingerprint density at radius 2 is 1.79 bits per heavy atom. The maximum absolute atomic E-state index is 6.42. The Morgan fingerprint density at radius 3 is 2.57 bits per heavy atom. The fraction of sp³-hybridized carbons (Fsp3) is 0.455. The van der Waals surface area contributed by atoms with Crippen molar-refractivity contribution in [3.63, 3.8) is 0 Å². The summed E-state index contributed by atoms with van der Waals surface area (Å²) in [5, 5.41) is 9.21. The van der Waals surface area contributed by atoms with Gasteiger partial charge < -0.3 is 15.6 Å². The molecular weight excluding hydrogens is 370 g/mol. The van der Waals surface area contributed by atoms with Crippen LogP contribution >= 0.6 is 11.6 Å². The highest BCUT2D eigenvalue weighted by Gasteiger charge is 2.26. The number of halogens is 1. The molecule has 0 bridgehead atoms. The molecule has 3 heterocycles. The van der Waals surface area contributed by atoms with Gasteiger partial charge in [0.25, 0.3) is 0 Å². The number of hydrogen-bond acceptors (Lipinski definition) is 4. The molecule has 2 aliphatic carbocycles. The molecule has 2 aliphatic rings. The van der Waals surface area contributed by atoms with E-state index in [0.29, 0.717) is 17.1 Å². The van der Waals surface area contributed by atoms with Crippen LogP contribution in [-0.4, -0.2) is 33.1 Å². The van der Waals surface area contributed by atoms with Gasteiger partial charge in [0.1, 0.15) is 11.5 Å². The smallest absolute Gasteiger partial charge is 0.137 e. The third-order valence-electron chi connectivity index (χ3n) is 6.17. The van der Waals surface area contributed by atoms with E-state index in [1.165, 1.54) is 44.9 Å². The van der Waals surface area contributed by atoms with Gasteiger partial charge in [0.2, 0.25) is 0 Å². The molecule has 3 aromatic heterocycles. The minimum absolute atomic E-state index is 0.461. The lowest BCUT2D eigenvalue weighted by Crippen LogP contribution is -2.45. The summed E-state index contributed by atoms with van der Waals surface area (Å²) in [4.78, 5) is 12.4. The third-order valence-corrected chi connectivity index (χ3v) is 6.39. The van der Waals surface area contributed by atoms with E-state index < -0.39 is 0 Å². The van der Waals surface area contributed by atoms with Crippen LogP contribution in [-0.2, 0) is 0 Å². The number of rotatable bonds is 5. The number of pyridine rings is 2. The molecule has 0 aliphatic heterocycles. The Bertz CT molecular complexity index is 956. The fourth-order valence-electron chi connectivity index (χ4n) is 4.40. The van der Waals surface area contributed by atoms with E-state index >= 15 is 0 Å². The van der Waals surface area contributed by atoms with Crippen LogP contribution in [0.3, 0.4) is 0 Å². The van der Waals surface area contributed by atoms with Crippen molar-refractivity contribution in [1.82, 2.24) is 20.3 Å². The molecule has 3 aromatic rings. The van der Waals surface area contributed by atoms with Gasteiger partial charge in [-0.1, -0.05) is 18.0 Å². The largest absolute Gasteiger partial charge is 0.367 e. The average Bonchev–Trinajstić information content (AvgIpc) is 3.10. The number of aromatic amines is 1. The first-order valence-corrected chi connectivity index (χ1v) is 10.7. The van der Waals surface area contributed by atoms with Gasteiger partial charge in [-0.15, -0.1) is 0 Å².